The molecule has 1 aliphatic rings. The Labute approximate surface area is 71.0 Å². The van der Waals surface area contributed by atoms with E-state index in [1.54, 1.807) is 0 Å². The van der Waals surface area contributed by atoms with Gasteiger partial charge in [-0.1, -0.05) is 13.8 Å². The fraction of sp³-hybridized carbons (Fsp3) is 0.625. The Morgan fingerprint density at radius 1 is 1.75 bits per heavy atom. The Morgan fingerprint density at radius 2 is 2.42 bits per heavy atom. The molecule has 0 saturated carbocycles. The number of rotatable bonds is 3. The van der Waals surface area contributed by atoms with Gasteiger partial charge in [0.25, 0.3) is 0 Å². The molecule has 0 spiro atoms. The number of carboxylic acid groups (broad SMARTS) is 1. The molecule has 1 aliphatic heterocycles. The third-order valence-corrected chi connectivity index (χ3v) is 1.70. The third kappa shape index (κ3) is 1.90. The fourth-order valence-corrected chi connectivity index (χ4v) is 1.14. The summed E-state index contributed by atoms with van der Waals surface area (Å²) < 4.78 is 0. The summed E-state index contributed by atoms with van der Waals surface area (Å²) in [5, 5.41) is 16.1. The minimum Gasteiger partial charge on any atom is -0.478 e. The number of azo groups is 1. The van der Waals surface area contributed by atoms with E-state index in [1.165, 1.54) is 6.20 Å². The molecule has 66 valence electrons. The highest BCUT2D eigenvalue weighted by Gasteiger charge is 2.24. The monoisotopic (exact) mass is 168 g/mol. The maximum atomic E-state index is 10.6. The van der Waals surface area contributed by atoms with Crippen LogP contribution < -0.4 is 0 Å². The zero-order valence-corrected chi connectivity index (χ0v) is 7.19. The second kappa shape index (κ2) is 3.47. The van der Waals surface area contributed by atoms with Crippen LogP contribution in [0.3, 0.4) is 0 Å². The van der Waals surface area contributed by atoms with Gasteiger partial charge >= 0.3 is 5.97 Å². The molecule has 12 heavy (non-hydrogen) atoms. The van der Waals surface area contributed by atoms with E-state index in [-0.39, 0.29) is 6.04 Å². The van der Waals surface area contributed by atoms with Gasteiger partial charge in [0, 0.05) is 0 Å². The number of carboxylic acids is 1. The quantitative estimate of drug-likeness (QED) is 0.698. The van der Waals surface area contributed by atoms with E-state index >= 15 is 0 Å². The summed E-state index contributed by atoms with van der Waals surface area (Å²) >= 11 is 0. The Bertz CT molecular complexity index is 243. The molecule has 1 atom stereocenters. The summed E-state index contributed by atoms with van der Waals surface area (Å²) in [7, 11) is 0. The zero-order chi connectivity index (χ0) is 9.14. The first kappa shape index (κ1) is 8.90. The van der Waals surface area contributed by atoms with Gasteiger partial charge in [-0.25, -0.2) is 4.79 Å². The maximum absolute atomic E-state index is 10.6. The first-order chi connectivity index (χ1) is 5.61. The first-order valence-corrected chi connectivity index (χ1v) is 3.94. The third-order valence-electron chi connectivity index (χ3n) is 1.70. The molecule has 0 aromatic heterocycles. The summed E-state index contributed by atoms with van der Waals surface area (Å²) in [6, 6.07) is -0.234. The number of carbonyl (C=O) groups is 1. The zero-order valence-electron chi connectivity index (χ0n) is 7.19. The lowest BCUT2D eigenvalue weighted by Crippen LogP contribution is -2.15. The van der Waals surface area contributed by atoms with Crippen molar-refractivity contribution in [3.63, 3.8) is 0 Å². The largest absolute Gasteiger partial charge is 0.478 e. The van der Waals surface area contributed by atoms with Crippen LogP contribution in [0.15, 0.2) is 22.0 Å². The van der Waals surface area contributed by atoms with E-state index in [9.17, 15) is 4.79 Å². The number of aliphatic carboxylic acids is 1. The molecule has 1 rings (SSSR count). The SMILES string of the molecule is CC(C)C[C@@H]1N=NC=C1C(=O)O. The van der Waals surface area contributed by atoms with Gasteiger partial charge in [-0.3, -0.25) is 0 Å². The van der Waals surface area contributed by atoms with Crippen molar-refractivity contribution in [1.29, 1.82) is 0 Å². The van der Waals surface area contributed by atoms with Crippen molar-refractivity contribution in [2.75, 3.05) is 0 Å². The molecule has 0 radical (unpaired) electrons. The van der Waals surface area contributed by atoms with Crippen molar-refractivity contribution in [1.82, 2.24) is 0 Å². The molecular formula is C8H12N2O2. The minimum atomic E-state index is -0.911. The van der Waals surface area contributed by atoms with Crippen LogP contribution in [-0.4, -0.2) is 17.1 Å². The standard InChI is InChI=1S/C8H12N2O2/c1-5(2)3-7-6(8(11)12)4-9-10-7/h4-5,7H,3H2,1-2H3,(H,11,12)/t7-/m0/s1. The molecule has 4 heteroatoms. The number of hydrogen-bond donors (Lipinski definition) is 1. The van der Waals surface area contributed by atoms with E-state index < -0.39 is 5.97 Å². The maximum Gasteiger partial charge on any atom is 0.335 e. The van der Waals surface area contributed by atoms with Crippen molar-refractivity contribution in [2.24, 2.45) is 16.1 Å². The average Bonchev–Trinajstić information content (AvgIpc) is 2.33. The summed E-state index contributed by atoms with van der Waals surface area (Å²) in [6.07, 6.45) is 2.08. The van der Waals surface area contributed by atoms with Gasteiger partial charge in [0.15, 0.2) is 0 Å². The van der Waals surface area contributed by atoms with Crippen molar-refractivity contribution < 1.29 is 9.90 Å². The molecule has 0 aliphatic carbocycles. The number of nitrogens with zero attached hydrogens (tertiary/aromatic N) is 2. The second-order valence-electron chi connectivity index (χ2n) is 3.27. The van der Waals surface area contributed by atoms with Crippen LogP contribution in [0.1, 0.15) is 20.3 Å². The Hall–Kier alpha value is -1.19. The van der Waals surface area contributed by atoms with Crippen LogP contribution in [0, 0.1) is 5.92 Å². The van der Waals surface area contributed by atoms with E-state index in [2.05, 4.69) is 10.2 Å². The molecule has 0 aromatic rings. The molecule has 0 bridgehead atoms. The summed E-state index contributed by atoms with van der Waals surface area (Å²) in [6.45, 7) is 4.07. The summed E-state index contributed by atoms with van der Waals surface area (Å²) in [4.78, 5) is 10.6. The van der Waals surface area contributed by atoms with E-state index in [4.69, 9.17) is 5.11 Å². The van der Waals surface area contributed by atoms with Crippen molar-refractivity contribution in [3.05, 3.63) is 11.8 Å². The first-order valence-electron chi connectivity index (χ1n) is 3.94. The molecule has 0 unspecified atom stereocenters. The molecule has 0 saturated heterocycles. The van der Waals surface area contributed by atoms with Gasteiger partial charge in [0.2, 0.25) is 0 Å². The molecule has 0 aromatic carbocycles. The fourth-order valence-electron chi connectivity index (χ4n) is 1.14. The Balaban J connectivity index is 2.61. The van der Waals surface area contributed by atoms with Gasteiger partial charge in [-0.15, -0.1) is 0 Å². The molecule has 1 N–H and O–H groups in total. The molecular weight excluding hydrogens is 156 g/mol. The lowest BCUT2D eigenvalue weighted by molar-refractivity contribution is -0.132. The predicted molar refractivity (Wildman–Crippen MR) is 43.8 cm³/mol. The van der Waals surface area contributed by atoms with Gasteiger partial charge in [0.05, 0.1) is 11.8 Å². The van der Waals surface area contributed by atoms with E-state index in [1.807, 2.05) is 13.8 Å². The highest BCUT2D eigenvalue weighted by Crippen LogP contribution is 2.21. The lowest BCUT2D eigenvalue weighted by atomic mass is 9.99. The normalized spacial score (nSPS) is 21.6. The minimum absolute atomic E-state index is 0.234. The van der Waals surface area contributed by atoms with E-state index in [0.717, 1.165) is 6.42 Å². The van der Waals surface area contributed by atoms with Crippen LogP contribution >= 0.6 is 0 Å². The van der Waals surface area contributed by atoms with Crippen molar-refractivity contribution >= 4 is 5.97 Å². The van der Waals surface area contributed by atoms with Gasteiger partial charge < -0.3 is 5.11 Å². The second-order valence-corrected chi connectivity index (χ2v) is 3.27. The van der Waals surface area contributed by atoms with Crippen LogP contribution in [0.5, 0.6) is 0 Å². The van der Waals surface area contributed by atoms with Crippen LogP contribution in [-0.2, 0) is 4.79 Å². The van der Waals surface area contributed by atoms with Gasteiger partial charge in [0.1, 0.15) is 6.04 Å². The van der Waals surface area contributed by atoms with Crippen LogP contribution in [0.25, 0.3) is 0 Å². The summed E-state index contributed by atoms with van der Waals surface area (Å²) in [5.41, 5.74) is 0.309. The van der Waals surface area contributed by atoms with E-state index in [0.29, 0.717) is 11.5 Å². The Morgan fingerprint density at radius 3 is 2.92 bits per heavy atom. The molecule has 4 nitrogen and oxygen atoms in total. The Kier molecular flexibility index (Phi) is 2.58. The van der Waals surface area contributed by atoms with Crippen LogP contribution in [0.2, 0.25) is 0 Å². The number of hydrogen-bond acceptors (Lipinski definition) is 3. The smallest absolute Gasteiger partial charge is 0.335 e. The molecule has 0 fully saturated rings. The van der Waals surface area contributed by atoms with Gasteiger partial charge in [-0.2, -0.15) is 10.2 Å². The highest BCUT2D eigenvalue weighted by molar-refractivity contribution is 5.88. The molecule has 0 amide bonds. The average molecular weight is 168 g/mol. The summed E-state index contributed by atoms with van der Waals surface area (Å²) in [5.74, 6) is -0.472. The van der Waals surface area contributed by atoms with Crippen molar-refractivity contribution in [3.8, 4) is 0 Å². The predicted octanol–water partition coefficient (Wildman–Crippen LogP) is 1.84. The lowest BCUT2D eigenvalue weighted by Gasteiger charge is -2.09. The highest BCUT2D eigenvalue weighted by atomic mass is 16.4. The topological polar surface area (TPSA) is 62.0 Å². The van der Waals surface area contributed by atoms with Gasteiger partial charge in [-0.05, 0) is 12.3 Å². The molecule has 1 heterocycles. The van der Waals surface area contributed by atoms with Crippen LogP contribution in [0.4, 0.5) is 0 Å². The van der Waals surface area contributed by atoms with Crippen molar-refractivity contribution in [2.45, 2.75) is 26.3 Å².